The number of rotatable bonds is 5. The summed E-state index contributed by atoms with van der Waals surface area (Å²) >= 11 is 0. The second-order valence-corrected chi connectivity index (χ2v) is 5.80. The van der Waals surface area contributed by atoms with E-state index in [1.54, 1.807) is 0 Å². The van der Waals surface area contributed by atoms with E-state index in [-0.39, 0.29) is 5.56 Å². The van der Waals surface area contributed by atoms with Crippen LogP contribution in [-0.2, 0) is 6.54 Å². The minimum Gasteiger partial charge on any atom is -0.313 e. The number of aromatic nitrogens is 1. The molecule has 2 aromatic rings. The number of nitrogens with zero attached hydrogens (tertiary/aromatic N) is 1. The molecule has 110 valence electrons. The molecule has 0 unspecified atom stereocenters. The summed E-state index contributed by atoms with van der Waals surface area (Å²) in [5.74, 6) is 0. The number of nitrogens with one attached hydrogen (secondary N) is 1. The Morgan fingerprint density at radius 3 is 2.48 bits per heavy atom. The van der Waals surface area contributed by atoms with Crippen molar-refractivity contribution in [2.24, 2.45) is 0 Å². The van der Waals surface area contributed by atoms with Gasteiger partial charge in [0.1, 0.15) is 0 Å². The van der Waals surface area contributed by atoms with Gasteiger partial charge in [0.05, 0.1) is 5.69 Å². The number of pyridine rings is 1. The summed E-state index contributed by atoms with van der Waals surface area (Å²) in [7, 11) is 0. The van der Waals surface area contributed by atoms with Crippen molar-refractivity contribution < 1.29 is 0 Å². The molecule has 0 radical (unpaired) electrons. The molecule has 0 bridgehead atoms. The highest BCUT2D eigenvalue weighted by Gasteiger charge is 2.27. The fourth-order valence-corrected chi connectivity index (χ4v) is 2.64. The standard InChI is InChI=1S/C18H22N2O/c1-3-19-12-15-8-11-17(14-6-4-13(2)5-7-14)20(18(15)21)16-9-10-16/h4-8,11,16,19H,3,9-10,12H2,1-2H3. The van der Waals surface area contributed by atoms with E-state index in [0.29, 0.717) is 12.6 Å². The molecular formula is C18H22N2O. The van der Waals surface area contributed by atoms with Crippen LogP contribution in [0.5, 0.6) is 0 Å². The monoisotopic (exact) mass is 282 g/mol. The molecule has 0 atom stereocenters. The van der Waals surface area contributed by atoms with Crippen LogP contribution in [0.2, 0.25) is 0 Å². The summed E-state index contributed by atoms with van der Waals surface area (Å²) in [5, 5.41) is 3.25. The van der Waals surface area contributed by atoms with Crippen molar-refractivity contribution in [3.05, 3.63) is 57.9 Å². The van der Waals surface area contributed by atoms with Crippen LogP contribution < -0.4 is 10.9 Å². The molecule has 1 aromatic carbocycles. The Hall–Kier alpha value is -1.87. The lowest BCUT2D eigenvalue weighted by Crippen LogP contribution is -2.27. The highest BCUT2D eigenvalue weighted by molar-refractivity contribution is 5.60. The van der Waals surface area contributed by atoms with Gasteiger partial charge in [0.25, 0.3) is 5.56 Å². The molecular weight excluding hydrogens is 260 g/mol. The van der Waals surface area contributed by atoms with Crippen LogP contribution in [0.4, 0.5) is 0 Å². The summed E-state index contributed by atoms with van der Waals surface area (Å²) in [6.45, 7) is 5.66. The third kappa shape index (κ3) is 2.93. The maximum atomic E-state index is 12.7. The average Bonchev–Trinajstić information content (AvgIpc) is 3.31. The zero-order valence-corrected chi connectivity index (χ0v) is 12.7. The predicted octanol–water partition coefficient (Wildman–Crippen LogP) is 3.27. The number of aryl methyl sites for hydroxylation is 1. The zero-order valence-electron chi connectivity index (χ0n) is 12.7. The number of benzene rings is 1. The quantitative estimate of drug-likeness (QED) is 0.913. The molecule has 0 amide bonds. The molecule has 1 heterocycles. The van der Waals surface area contributed by atoms with Gasteiger partial charge < -0.3 is 9.88 Å². The molecule has 1 aliphatic rings. The van der Waals surface area contributed by atoms with Crippen molar-refractivity contribution >= 4 is 0 Å². The van der Waals surface area contributed by atoms with Crippen LogP contribution in [0.1, 0.15) is 36.9 Å². The van der Waals surface area contributed by atoms with Crippen LogP contribution in [0.3, 0.4) is 0 Å². The van der Waals surface area contributed by atoms with E-state index in [4.69, 9.17) is 0 Å². The highest BCUT2D eigenvalue weighted by atomic mass is 16.1. The molecule has 1 fully saturated rings. The molecule has 1 aromatic heterocycles. The van der Waals surface area contributed by atoms with Crippen molar-refractivity contribution in [1.82, 2.24) is 9.88 Å². The summed E-state index contributed by atoms with van der Waals surface area (Å²) < 4.78 is 2.00. The maximum absolute atomic E-state index is 12.7. The first-order chi connectivity index (χ1) is 10.2. The SMILES string of the molecule is CCNCc1ccc(-c2ccc(C)cc2)n(C2CC2)c1=O. The predicted molar refractivity (Wildman–Crippen MR) is 86.5 cm³/mol. The van der Waals surface area contributed by atoms with E-state index in [9.17, 15) is 4.79 Å². The third-order valence-corrected chi connectivity index (χ3v) is 4.02. The van der Waals surface area contributed by atoms with Crippen molar-refractivity contribution in [2.75, 3.05) is 6.54 Å². The van der Waals surface area contributed by atoms with Crippen molar-refractivity contribution in [1.29, 1.82) is 0 Å². The van der Waals surface area contributed by atoms with Gasteiger partial charge in [0.2, 0.25) is 0 Å². The molecule has 1 saturated carbocycles. The second kappa shape index (κ2) is 5.86. The largest absolute Gasteiger partial charge is 0.313 e. The van der Waals surface area contributed by atoms with Gasteiger partial charge in [0, 0.05) is 18.2 Å². The van der Waals surface area contributed by atoms with Crippen LogP contribution in [-0.4, -0.2) is 11.1 Å². The van der Waals surface area contributed by atoms with E-state index < -0.39 is 0 Å². The Morgan fingerprint density at radius 1 is 1.14 bits per heavy atom. The molecule has 1 aliphatic carbocycles. The summed E-state index contributed by atoms with van der Waals surface area (Å²) in [4.78, 5) is 12.7. The van der Waals surface area contributed by atoms with Crippen LogP contribution in [0.15, 0.2) is 41.2 Å². The number of hydrogen-bond acceptors (Lipinski definition) is 2. The van der Waals surface area contributed by atoms with Crippen LogP contribution in [0.25, 0.3) is 11.3 Å². The Bertz CT molecular complexity index is 681. The normalized spacial score (nSPS) is 14.4. The molecule has 21 heavy (non-hydrogen) atoms. The molecule has 3 nitrogen and oxygen atoms in total. The highest BCUT2D eigenvalue weighted by Crippen LogP contribution is 2.37. The van der Waals surface area contributed by atoms with E-state index in [0.717, 1.165) is 36.2 Å². The van der Waals surface area contributed by atoms with Gasteiger partial charge in [-0.05, 0) is 37.9 Å². The van der Waals surface area contributed by atoms with Gasteiger partial charge in [-0.2, -0.15) is 0 Å². The summed E-state index contributed by atoms with van der Waals surface area (Å²) in [5.41, 5.74) is 4.43. The Labute approximate surface area is 125 Å². The zero-order chi connectivity index (χ0) is 14.8. The topological polar surface area (TPSA) is 34.0 Å². The Balaban J connectivity index is 2.06. The molecule has 0 saturated heterocycles. The average molecular weight is 282 g/mol. The lowest BCUT2D eigenvalue weighted by Gasteiger charge is -2.14. The second-order valence-electron chi connectivity index (χ2n) is 5.80. The summed E-state index contributed by atoms with van der Waals surface area (Å²) in [6.07, 6.45) is 2.23. The van der Waals surface area contributed by atoms with Gasteiger partial charge >= 0.3 is 0 Å². The lowest BCUT2D eigenvalue weighted by molar-refractivity contribution is 0.673. The lowest BCUT2D eigenvalue weighted by atomic mass is 10.1. The third-order valence-electron chi connectivity index (χ3n) is 4.02. The summed E-state index contributed by atoms with van der Waals surface area (Å²) in [6, 6.07) is 12.9. The Morgan fingerprint density at radius 2 is 1.86 bits per heavy atom. The molecule has 0 aliphatic heterocycles. The van der Waals surface area contributed by atoms with Gasteiger partial charge in [-0.25, -0.2) is 0 Å². The first-order valence-electron chi connectivity index (χ1n) is 7.73. The number of hydrogen-bond donors (Lipinski definition) is 1. The van der Waals surface area contributed by atoms with Crippen LogP contribution in [0, 0.1) is 6.92 Å². The maximum Gasteiger partial charge on any atom is 0.255 e. The van der Waals surface area contributed by atoms with E-state index in [1.165, 1.54) is 5.56 Å². The van der Waals surface area contributed by atoms with Crippen molar-refractivity contribution in [3.63, 3.8) is 0 Å². The van der Waals surface area contributed by atoms with E-state index in [1.807, 2.05) is 10.6 Å². The minimum atomic E-state index is 0.163. The Kier molecular flexibility index (Phi) is 3.93. The molecule has 0 spiro atoms. The van der Waals surface area contributed by atoms with E-state index >= 15 is 0 Å². The van der Waals surface area contributed by atoms with Crippen molar-refractivity contribution in [3.8, 4) is 11.3 Å². The van der Waals surface area contributed by atoms with Gasteiger partial charge in [-0.3, -0.25) is 4.79 Å². The van der Waals surface area contributed by atoms with Crippen LogP contribution >= 0.6 is 0 Å². The van der Waals surface area contributed by atoms with Gasteiger partial charge in [0.15, 0.2) is 0 Å². The first-order valence-corrected chi connectivity index (χ1v) is 7.73. The first kappa shape index (κ1) is 14.1. The molecule has 3 heteroatoms. The molecule has 3 rings (SSSR count). The minimum absolute atomic E-state index is 0.163. The van der Waals surface area contributed by atoms with E-state index in [2.05, 4.69) is 49.5 Å². The van der Waals surface area contributed by atoms with Gasteiger partial charge in [-0.15, -0.1) is 0 Å². The fraction of sp³-hybridized carbons (Fsp3) is 0.389. The fourth-order valence-electron chi connectivity index (χ4n) is 2.64. The smallest absolute Gasteiger partial charge is 0.255 e. The van der Waals surface area contributed by atoms with Crippen molar-refractivity contribution in [2.45, 2.75) is 39.3 Å². The van der Waals surface area contributed by atoms with Gasteiger partial charge in [-0.1, -0.05) is 42.8 Å². The molecule has 1 N–H and O–H groups in total.